The van der Waals surface area contributed by atoms with Gasteiger partial charge in [0.25, 0.3) is 5.91 Å². The number of anilines is 1. The van der Waals surface area contributed by atoms with Gasteiger partial charge in [-0.05, 0) is 43.5 Å². The van der Waals surface area contributed by atoms with Gasteiger partial charge in [-0.2, -0.15) is 0 Å². The number of aliphatic hydroxyl groups excluding tert-OH is 1. The maximum absolute atomic E-state index is 13.7. The van der Waals surface area contributed by atoms with Gasteiger partial charge in [-0.15, -0.1) is 0 Å². The molecular formula is C31H42N4O5. The van der Waals surface area contributed by atoms with Crippen molar-refractivity contribution in [2.24, 2.45) is 5.92 Å². The van der Waals surface area contributed by atoms with Crippen LogP contribution in [0, 0.1) is 5.92 Å². The fourth-order valence-electron chi connectivity index (χ4n) is 5.39. The Balaban J connectivity index is 1.53. The minimum Gasteiger partial charge on any atom is -0.487 e. The van der Waals surface area contributed by atoms with Crippen molar-refractivity contribution < 1.29 is 24.2 Å². The van der Waals surface area contributed by atoms with Crippen LogP contribution in [0.5, 0.6) is 5.75 Å². The minimum absolute atomic E-state index is 0.110. The van der Waals surface area contributed by atoms with Gasteiger partial charge in [-0.25, -0.2) is 4.79 Å². The van der Waals surface area contributed by atoms with Crippen LogP contribution >= 0.6 is 0 Å². The molecule has 4 amide bonds. The fraction of sp³-hybridized carbons (Fsp3) is 0.516. The molecule has 3 N–H and O–H groups in total. The molecule has 4 rings (SSSR count). The number of nitrogens with one attached hydrogen (secondary N) is 2. The summed E-state index contributed by atoms with van der Waals surface area (Å²) < 4.78 is 6.40. The second-order valence-electron chi connectivity index (χ2n) is 11.2. The van der Waals surface area contributed by atoms with Crippen LogP contribution in [0.1, 0.15) is 61.9 Å². The summed E-state index contributed by atoms with van der Waals surface area (Å²) in [4.78, 5) is 42.6. The van der Waals surface area contributed by atoms with Gasteiger partial charge >= 0.3 is 6.03 Å². The lowest BCUT2D eigenvalue weighted by Crippen LogP contribution is -2.52. The van der Waals surface area contributed by atoms with E-state index in [0.29, 0.717) is 30.1 Å². The molecule has 0 unspecified atom stereocenters. The third-order valence-corrected chi connectivity index (χ3v) is 7.89. The van der Waals surface area contributed by atoms with Crippen molar-refractivity contribution in [1.82, 2.24) is 15.1 Å². The lowest BCUT2D eigenvalue weighted by Gasteiger charge is -2.38. The Morgan fingerprint density at radius 2 is 1.85 bits per heavy atom. The van der Waals surface area contributed by atoms with Crippen LogP contribution < -0.4 is 15.4 Å². The van der Waals surface area contributed by atoms with Crippen LogP contribution in [0.2, 0.25) is 0 Å². The minimum atomic E-state index is -0.412. The zero-order valence-electron chi connectivity index (χ0n) is 23.8. The Hall–Kier alpha value is -3.59. The number of carbonyl (C=O) groups is 3. The molecule has 0 bridgehead atoms. The van der Waals surface area contributed by atoms with Crippen LogP contribution in [0.15, 0.2) is 48.5 Å². The molecule has 3 atom stereocenters. The molecule has 9 heteroatoms. The second-order valence-corrected chi connectivity index (χ2v) is 11.2. The van der Waals surface area contributed by atoms with E-state index in [2.05, 4.69) is 10.6 Å². The molecule has 2 aromatic rings. The Kier molecular flexibility index (Phi) is 10.0. The molecule has 1 aliphatic carbocycles. The summed E-state index contributed by atoms with van der Waals surface area (Å²) in [5.41, 5.74) is 1.69. The summed E-state index contributed by atoms with van der Waals surface area (Å²) in [5, 5.41) is 15.9. The van der Waals surface area contributed by atoms with Crippen LogP contribution in [-0.2, 0) is 11.2 Å². The number of hydrogen-bond acceptors (Lipinski definition) is 5. The van der Waals surface area contributed by atoms with E-state index in [1.54, 1.807) is 42.0 Å². The smallest absolute Gasteiger partial charge is 0.317 e. The molecule has 40 heavy (non-hydrogen) atoms. The van der Waals surface area contributed by atoms with Crippen molar-refractivity contribution >= 4 is 23.5 Å². The van der Waals surface area contributed by atoms with Crippen LogP contribution in [0.25, 0.3) is 0 Å². The van der Waals surface area contributed by atoms with Crippen molar-refractivity contribution in [1.29, 1.82) is 0 Å². The van der Waals surface area contributed by atoms with Gasteiger partial charge in [0.15, 0.2) is 0 Å². The van der Waals surface area contributed by atoms with Crippen molar-refractivity contribution in [3.63, 3.8) is 0 Å². The van der Waals surface area contributed by atoms with Crippen molar-refractivity contribution in [2.75, 3.05) is 32.1 Å². The Labute approximate surface area is 236 Å². The molecule has 0 aromatic heterocycles. The topological polar surface area (TPSA) is 111 Å². The van der Waals surface area contributed by atoms with E-state index in [1.165, 1.54) is 6.42 Å². The lowest BCUT2D eigenvalue weighted by molar-refractivity contribution is -0.115. The van der Waals surface area contributed by atoms with E-state index in [0.717, 1.165) is 31.2 Å². The van der Waals surface area contributed by atoms with Gasteiger partial charge in [-0.3, -0.25) is 9.59 Å². The van der Waals surface area contributed by atoms with Crippen LogP contribution in [-0.4, -0.2) is 77.7 Å². The first-order chi connectivity index (χ1) is 19.2. The zero-order chi connectivity index (χ0) is 28.6. The number of nitrogens with zero attached hydrogens (tertiary/aromatic N) is 2. The highest BCUT2D eigenvalue weighted by Gasteiger charge is 2.34. The number of ether oxygens (including phenoxy) is 1. The summed E-state index contributed by atoms with van der Waals surface area (Å²) in [6.07, 6.45) is 5.32. The average Bonchev–Trinajstić information content (AvgIpc) is 2.95. The first-order valence-electron chi connectivity index (χ1n) is 14.3. The summed E-state index contributed by atoms with van der Waals surface area (Å²) in [6, 6.07) is 14.2. The van der Waals surface area contributed by atoms with E-state index in [4.69, 9.17) is 4.74 Å². The number of hydrogen-bond donors (Lipinski definition) is 3. The number of likely N-dealkylation sites (N-methyl/N-ethyl adjacent to an activating group) is 1. The fourth-order valence-corrected chi connectivity index (χ4v) is 5.39. The van der Waals surface area contributed by atoms with Gasteiger partial charge in [0, 0.05) is 31.2 Å². The molecule has 0 saturated heterocycles. The molecule has 1 heterocycles. The molecule has 2 aromatic carbocycles. The summed E-state index contributed by atoms with van der Waals surface area (Å²) in [6.45, 7) is 4.30. The van der Waals surface area contributed by atoms with Gasteiger partial charge < -0.3 is 30.3 Å². The van der Waals surface area contributed by atoms with E-state index >= 15 is 0 Å². The Morgan fingerprint density at radius 3 is 2.55 bits per heavy atom. The number of rotatable bonds is 8. The highest BCUT2D eigenvalue weighted by molar-refractivity contribution is 6.00. The summed E-state index contributed by atoms with van der Waals surface area (Å²) in [5.74, 6) is -0.187. The standard InChI is InChI=1S/C31H42N4O5/c1-21-18-35(22(2)20-36)30(38)26-17-25(32-29(37)16-23-10-6-4-7-11-23)14-15-27(26)40-28(21)19-34(3)31(39)33-24-12-8-5-9-13-24/h4,6-7,10-11,14-15,17,21-22,24,28,36H,5,8-9,12-13,16,18-20H2,1-3H3,(H,32,37)(H,33,39)/t21-,22+,28+/m1/s1. The second kappa shape index (κ2) is 13.7. The average molecular weight is 551 g/mol. The molecule has 0 radical (unpaired) electrons. The van der Waals surface area contributed by atoms with E-state index in [1.807, 2.05) is 37.3 Å². The predicted octanol–water partition coefficient (Wildman–Crippen LogP) is 4.06. The summed E-state index contributed by atoms with van der Waals surface area (Å²) >= 11 is 0. The van der Waals surface area contributed by atoms with Crippen molar-refractivity contribution in [2.45, 2.75) is 70.6 Å². The molecular weight excluding hydrogens is 508 g/mol. The molecule has 1 fully saturated rings. The van der Waals surface area contributed by atoms with Gasteiger partial charge in [0.2, 0.25) is 5.91 Å². The van der Waals surface area contributed by atoms with Crippen molar-refractivity contribution in [3.05, 3.63) is 59.7 Å². The highest BCUT2D eigenvalue weighted by Crippen LogP contribution is 2.31. The monoisotopic (exact) mass is 550 g/mol. The van der Waals surface area contributed by atoms with Crippen LogP contribution in [0.3, 0.4) is 0 Å². The SMILES string of the molecule is C[C@@H]1CN([C@@H](C)CO)C(=O)c2cc(NC(=O)Cc3ccccc3)ccc2O[C@H]1CN(C)C(=O)NC1CCCCC1. The highest BCUT2D eigenvalue weighted by atomic mass is 16.5. The molecule has 1 aliphatic heterocycles. The number of carbonyl (C=O) groups excluding carboxylic acids is 3. The maximum atomic E-state index is 13.7. The van der Waals surface area contributed by atoms with E-state index in [-0.39, 0.29) is 48.9 Å². The Morgan fingerprint density at radius 1 is 1.12 bits per heavy atom. The number of fused-ring (bicyclic) bond motifs is 1. The van der Waals surface area contributed by atoms with Crippen LogP contribution in [0.4, 0.5) is 10.5 Å². The number of aliphatic hydroxyl groups is 1. The third kappa shape index (κ3) is 7.53. The first kappa shape index (κ1) is 29.4. The molecule has 1 saturated carbocycles. The first-order valence-corrected chi connectivity index (χ1v) is 14.3. The maximum Gasteiger partial charge on any atom is 0.317 e. The van der Waals surface area contributed by atoms with Gasteiger partial charge in [0.05, 0.1) is 31.2 Å². The quantitative estimate of drug-likeness (QED) is 0.459. The van der Waals surface area contributed by atoms with E-state index in [9.17, 15) is 19.5 Å². The number of urea groups is 1. The number of amides is 4. The molecule has 9 nitrogen and oxygen atoms in total. The summed E-state index contributed by atoms with van der Waals surface area (Å²) in [7, 11) is 1.76. The van der Waals surface area contributed by atoms with Gasteiger partial charge in [0.1, 0.15) is 11.9 Å². The molecule has 216 valence electrons. The largest absolute Gasteiger partial charge is 0.487 e. The third-order valence-electron chi connectivity index (χ3n) is 7.89. The lowest BCUT2D eigenvalue weighted by atomic mass is 9.96. The van der Waals surface area contributed by atoms with Gasteiger partial charge in [-0.1, -0.05) is 56.5 Å². The Bertz CT molecular complexity index is 1170. The van der Waals surface area contributed by atoms with Crippen molar-refractivity contribution in [3.8, 4) is 5.75 Å². The van der Waals surface area contributed by atoms with E-state index < -0.39 is 6.04 Å². The number of benzene rings is 2. The predicted molar refractivity (Wildman–Crippen MR) is 154 cm³/mol. The normalized spacial score (nSPS) is 20.4. The molecule has 2 aliphatic rings. The zero-order valence-corrected chi connectivity index (χ0v) is 23.8. The molecule has 0 spiro atoms.